The van der Waals surface area contributed by atoms with Crippen molar-refractivity contribution < 1.29 is 4.74 Å². The molecule has 0 amide bonds. The number of benzene rings is 1. The molecule has 0 spiro atoms. The van der Waals surface area contributed by atoms with Crippen molar-refractivity contribution in [2.24, 2.45) is 0 Å². The van der Waals surface area contributed by atoms with Crippen LogP contribution in [0.4, 0.5) is 0 Å². The number of fused-ring (bicyclic) bond motifs is 1. The van der Waals surface area contributed by atoms with Gasteiger partial charge >= 0.3 is 0 Å². The van der Waals surface area contributed by atoms with Crippen molar-refractivity contribution in [1.82, 2.24) is 5.32 Å². The molecular weight excluding hydrogens is 282 g/mol. The van der Waals surface area contributed by atoms with Gasteiger partial charge in [-0.2, -0.15) is 0 Å². The molecular formula is C18H22ClNO. The third-order valence-corrected chi connectivity index (χ3v) is 5.13. The maximum atomic E-state index is 6.23. The molecule has 112 valence electrons. The predicted molar refractivity (Wildman–Crippen MR) is 87.8 cm³/mol. The number of likely N-dealkylation sites (N-methyl/N-ethyl adjacent to an activating group) is 1. The van der Waals surface area contributed by atoms with Gasteiger partial charge in [-0.3, -0.25) is 0 Å². The molecule has 3 rings (SSSR count). The van der Waals surface area contributed by atoms with Gasteiger partial charge in [0, 0.05) is 30.5 Å². The lowest BCUT2D eigenvalue weighted by Gasteiger charge is -2.37. The second kappa shape index (κ2) is 6.35. The predicted octanol–water partition coefficient (Wildman–Crippen LogP) is 3.77. The van der Waals surface area contributed by atoms with Crippen LogP contribution in [0.2, 0.25) is 0 Å². The molecule has 0 fully saturated rings. The number of allylic oxidation sites excluding steroid dienone is 2. The zero-order valence-electron chi connectivity index (χ0n) is 12.6. The molecule has 0 radical (unpaired) electrons. The first-order chi connectivity index (χ1) is 10.2. The summed E-state index contributed by atoms with van der Waals surface area (Å²) in [6, 6.07) is 9.29. The Morgan fingerprint density at radius 1 is 1.24 bits per heavy atom. The topological polar surface area (TPSA) is 21.3 Å². The normalized spacial score (nSPS) is 28.6. The van der Waals surface area contributed by atoms with Gasteiger partial charge < -0.3 is 10.1 Å². The van der Waals surface area contributed by atoms with E-state index in [4.69, 9.17) is 16.3 Å². The van der Waals surface area contributed by atoms with Gasteiger partial charge in [0.25, 0.3) is 0 Å². The van der Waals surface area contributed by atoms with E-state index in [0.29, 0.717) is 12.0 Å². The highest BCUT2D eigenvalue weighted by atomic mass is 35.5. The summed E-state index contributed by atoms with van der Waals surface area (Å²) < 4.78 is 5.52. The molecule has 3 atom stereocenters. The van der Waals surface area contributed by atoms with E-state index in [1.807, 2.05) is 6.08 Å². The van der Waals surface area contributed by atoms with Crippen LogP contribution in [-0.2, 0) is 11.2 Å². The maximum Gasteiger partial charge on any atom is 0.0963 e. The Morgan fingerprint density at radius 3 is 2.81 bits per heavy atom. The molecule has 1 N–H and O–H groups in total. The SMILES string of the molecule is CN[C@H]1CCc2ccccc2C1C1=CC=C(Cl)C(OC)C1. The minimum Gasteiger partial charge on any atom is -0.376 e. The first-order valence-electron chi connectivity index (χ1n) is 7.58. The molecule has 3 heteroatoms. The Hall–Kier alpha value is -1.09. The summed E-state index contributed by atoms with van der Waals surface area (Å²) in [6.45, 7) is 0. The van der Waals surface area contributed by atoms with Gasteiger partial charge in [-0.1, -0.05) is 47.5 Å². The van der Waals surface area contributed by atoms with Gasteiger partial charge in [0.1, 0.15) is 0 Å². The molecule has 0 saturated heterocycles. The Morgan fingerprint density at radius 2 is 2.05 bits per heavy atom. The highest BCUT2D eigenvalue weighted by Crippen LogP contribution is 2.41. The molecule has 2 unspecified atom stereocenters. The first-order valence-corrected chi connectivity index (χ1v) is 7.96. The minimum atomic E-state index is -0.00161. The average Bonchev–Trinajstić information content (AvgIpc) is 2.54. The standard InChI is InChI=1S/C18H22ClNO/c1-20-16-10-8-12-5-3-4-6-14(12)18(16)13-7-9-15(19)17(11-13)21-2/h3-7,9,16-18,20H,8,10-11H2,1-2H3/t16-,17?,18?/m0/s1. The minimum absolute atomic E-state index is 0.00161. The van der Waals surface area contributed by atoms with Gasteiger partial charge in [0.05, 0.1) is 6.10 Å². The van der Waals surface area contributed by atoms with Crippen LogP contribution in [0.3, 0.4) is 0 Å². The van der Waals surface area contributed by atoms with E-state index in [9.17, 15) is 0 Å². The van der Waals surface area contributed by atoms with E-state index in [0.717, 1.165) is 17.9 Å². The number of aryl methyl sites for hydroxylation is 1. The van der Waals surface area contributed by atoms with Crippen LogP contribution in [0.15, 0.2) is 47.0 Å². The van der Waals surface area contributed by atoms with Gasteiger partial charge in [-0.05, 0) is 37.1 Å². The lowest BCUT2D eigenvalue weighted by Crippen LogP contribution is -2.38. The van der Waals surface area contributed by atoms with Crippen molar-refractivity contribution in [2.75, 3.05) is 14.2 Å². The summed E-state index contributed by atoms with van der Waals surface area (Å²) >= 11 is 6.23. The molecule has 21 heavy (non-hydrogen) atoms. The Bertz CT molecular complexity index is 578. The van der Waals surface area contributed by atoms with E-state index < -0.39 is 0 Å². The van der Waals surface area contributed by atoms with E-state index in [1.165, 1.54) is 23.1 Å². The number of methoxy groups -OCH3 is 1. The number of rotatable bonds is 3. The summed E-state index contributed by atoms with van der Waals surface area (Å²) in [5, 5.41) is 4.30. The summed E-state index contributed by atoms with van der Waals surface area (Å²) in [5.41, 5.74) is 4.35. The fourth-order valence-electron chi connectivity index (χ4n) is 3.63. The van der Waals surface area contributed by atoms with E-state index in [-0.39, 0.29) is 6.10 Å². The van der Waals surface area contributed by atoms with Crippen LogP contribution < -0.4 is 5.32 Å². The Labute approximate surface area is 131 Å². The van der Waals surface area contributed by atoms with Crippen LogP contribution in [0, 0.1) is 0 Å². The lowest BCUT2D eigenvalue weighted by molar-refractivity contribution is 0.134. The number of hydrogen-bond donors (Lipinski definition) is 1. The zero-order chi connectivity index (χ0) is 14.8. The van der Waals surface area contributed by atoms with Crippen LogP contribution in [0.1, 0.15) is 29.9 Å². The highest BCUT2D eigenvalue weighted by molar-refractivity contribution is 6.30. The number of hydrogen-bond acceptors (Lipinski definition) is 2. The summed E-state index contributed by atoms with van der Waals surface area (Å²) in [5.74, 6) is 0.415. The maximum absolute atomic E-state index is 6.23. The van der Waals surface area contributed by atoms with E-state index >= 15 is 0 Å². The van der Waals surface area contributed by atoms with Gasteiger partial charge in [-0.25, -0.2) is 0 Å². The number of nitrogens with one attached hydrogen (secondary N) is 1. The molecule has 2 aliphatic rings. The molecule has 0 bridgehead atoms. The van der Waals surface area contributed by atoms with Crippen LogP contribution in [0.5, 0.6) is 0 Å². The Balaban J connectivity index is 1.99. The second-order valence-corrected chi connectivity index (χ2v) is 6.27. The third kappa shape index (κ3) is 2.80. The van der Waals surface area contributed by atoms with Gasteiger partial charge in [0.15, 0.2) is 0 Å². The average molecular weight is 304 g/mol. The fraction of sp³-hybridized carbons (Fsp3) is 0.444. The van der Waals surface area contributed by atoms with Crippen LogP contribution >= 0.6 is 11.6 Å². The highest BCUT2D eigenvalue weighted by Gasteiger charge is 2.33. The van der Waals surface area contributed by atoms with E-state index in [1.54, 1.807) is 7.11 Å². The van der Waals surface area contributed by atoms with Crippen molar-refractivity contribution in [3.8, 4) is 0 Å². The van der Waals surface area contributed by atoms with Crippen molar-refractivity contribution in [3.05, 3.63) is 58.1 Å². The summed E-state index contributed by atoms with van der Waals surface area (Å²) in [4.78, 5) is 0. The van der Waals surface area contributed by atoms with E-state index in [2.05, 4.69) is 42.7 Å². The zero-order valence-corrected chi connectivity index (χ0v) is 13.4. The monoisotopic (exact) mass is 303 g/mol. The van der Waals surface area contributed by atoms with Gasteiger partial charge in [-0.15, -0.1) is 0 Å². The summed E-state index contributed by atoms with van der Waals surface area (Å²) in [7, 11) is 3.79. The molecule has 0 aliphatic heterocycles. The molecule has 0 heterocycles. The second-order valence-electron chi connectivity index (χ2n) is 5.83. The first kappa shape index (κ1) is 14.8. The summed E-state index contributed by atoms with van der Waals surface area (Å²) in [6.07, 6.45) is 7.38. The molecule has 1 aromatic carbocycles. The number of halogens is 1. The van der Waals surface area contributed by atoms with Crippen molar-refractivity contribution >= 4 is 11.6 Å². The smallest absolute Gasteiger partial charge is 0.0963 e. The Kier molecular flexibility index (Phi) is 4.48. The lowest BCUT2D eigenvalue weighted by atomic mass is 9.73. The number of ether oxygens (including phenoxy) is 1. The molecule has 1 aromatic rings. The molecule has 0 saturated carbocycles. The van der Waals surface area contributed by atoms with Gasteiger partial charge in [0.2, 0.25) is 0 Å². The quantitative estimate of drug-likeness (QED) is 0.918. The van der Waals surface area contributed by atoms with Crippen molar-refractivity contribution in [2.45, 2.75) is 37.3 Å². The fourth-order valence-corrected chi connectivity index (χ4v) is 3.86. The van der Waals surface area contributed by atoms with Crippen LogP contribution in [0.25, 0.3) is 0 Å². The molecule has 0 aromatic heterocycles. The largest absolute Gasteiger partial charge is 0.376 e. The van der Waals surface area contributed by atoms with Crippen LogP contribution in [-0.4, -0.2) is 26.3 Å². The van der Waals surface area contributed by atoms with Crippen molar-refractivity contribution in [3.63, 3.8) is 0 Å². The van der Waals surface area contributed by atoms with Crippen molar-refractivity contribution in [1.29, 1.82) is 0 Å². The molecule has 2 aliphatic carbocycles. The molecule has 2 nitrogen and oxygen atoms in total. The third-order valence-electron chi connectivity index (χ3n) is 4.76.